The van der Waals surface area contributed by atoms with E-state index < -0.39 is 78.6 Å². The number of aliphatic hydroxyl groups excluding tert-OH is 2. The van der Waals surface area contributed by atoms with Crippen LogP contribution in [0.1, 0.15) is 136 Å². The van der Waals surface area contributed by atoms with Crippen molar-refractivity contribution in [3.8, 4) is 0 Å². The zero-order valence-corrected chi connectivity index (χ0v) is 39.0. The smallest absolute Gasteiger partial charge is 0.386 e. The quantitative estimate of drug-likeness (QED) is 0.0347. The van der Waals surface area contributed by atoms with E-state index in [4.69, 9.17) is 19.5 Å². The van der Waals surface area contributed by atoms with Crippen LogP contribution in [-0.4, -0.2) is 112 Å². The molecule has 2 aromatic heterocycles. The average Bonchev–Trinajstić information content (AvgIpc) is 3.77. The van der Waals surface area contributed by atoms with Crippen molar-refractivity contribution in [1.82, 2.24) is 30.2 Å². The van der Waals surface area contributed by atoms with Crippen LogP contribution in [0.2, 0.25) is 0 Å². The van der Waals surface area contributed by atoms with Gasteiger partial charge in [0.1, 0.15) is 36.3 Å². The van der Waals surface area contributed by atoms with E-state index in [0.29, 0.717) is 6.54 Å². The molecule has 10 N–H and O–H groups in total. The summed E-state index contributed by atoms with van der Waals surface area (Å²) in [4.78, 5) is 76.1. The van der Waals surface area contributed by atoms with Crippen LogP contribution in [0.5, 0.6) is 0 Å². The van der Waals surface area contributed by atoms with Crippen molar-refractivity contribution < 1.29 is 75.7 Å². The average molecular weight is 960 g/mol. The first-order valence-corrected chi connectivity index (χ1v) is 26.1. The highest BCUT2D eigenvalue weighted by Gasteiger charge is 2.50. The molecule has 0 radical (unpaired) electrons. The molecule has 0 aromatic carbocycles. The van der Waals surface area contributed by atoms with Crippen LogP contribution in [-0.2, 0) is 45.9 Å². The van der Waals surface area contributed by atoms with Crippen LogP contribution in [0.3, 0.4) is 0 Å². The Bertz CT molecular complexity index is 1850. The van der Waals surface area contributed by atoms with Crippen molar-refractivity contribution in [3.05, 3.63) is 12.7 Å². The largest absolute Gasteiger partial charge is 0.481 e. The van der Waals surface area contributed by atoms with Gasteiger partial charge < -0.3 is 50.9 Å². The van der Waals surface area contributed by atoms with Gasteiger partial charge in [-0.25, -0.2) is 28.6 Å². The summed E-state index contributed by atoms with van der Waals surface area (Å²) in [6, 6.07) is 0. The molecule has 1 aliphatic heterocycles. The minimum absolute atomic E-state index is 0.0314. The molecule has 1 saturated heterocycles. The summed E-state index contributed by atoms with van der Waals surface area (Å²) < 4.78 is 62.4. The maximum absolute atomic E-state index is 12.7. The highest BCUT2D eigenvalue weighted by molar-refractivity contribution is 7.61. The lowest BCUT2D eigenvalue weighted by Gasteiger charge is -2.30. The lowest BCUT2D eigenvalue weighted by atomic mass is 9.87. The highest BCUT2D eigenvalue weighted by Crippen LogP contribution is 2.61. The third-order valence-electron chi connectivity index (χ3n) is 10.4. The first kappa shape index (κ1) is 54.9. The Kier molecular flexibility index (Phi) is 23.2. The summed E-state index contributed by atoms with van der Waals surface area (Å²) in [6.07, 6.45) is 13.3. The summed E-state index contributed by atoms with van der Waals surface area (Å²) >= 11 is 0. The predicted octanol–water partition coefficient (Wildman–Crippen LogP) is 4.67. The molecule has 1 aliphatic rings. The number of carbonyl (C=O) groups is 2. The summed E-state index contributed by atoms with van der Waals surface area (Å²) in [7, 11) is -16.3. The van der Waals surface area contributed by atoms with Crippen molar-refractivity contribution in [2.45, 2.75) is 161 Å². The monoisotopic (exact) mass is 959 g/mol. The number of nitrogen functional groups attached to an aromatic ring is 1. The van der Waals surface area contributed by atoms with E-state index in [2.05, 4.69) is 41.3 Å². The third kappa shape index (κ3) is 19.9. The van der Waals surface area contributed by atoms with Gasteiger partial charge in [-0.15, -0.1) is 0 Å². The molecule has 63 heavy (non-hydrogen) atoms. The van der Waals surface area contributed by atoms with Gasteiger partial charge in [0.2, 0.25) is 11.8 Å². The fourth-order valence-electron chi connectivity index (χ4n) is 6.84. The van der Waals surface area contributed by atoms with E-state index in [1.165, 1.54) is 97.3 Å². The lowest BCUT2D eigenvalue weighted by molar-refractivity contribution is -0.137. The Morgan fingerprint density at radius 3 is 1.97 bits per heavy atom. The zero-order chi connectivity index (χ0) is 46.7. The predicted molar refractivity (Wildman–Crippen MR) is 229 cm³/mol. The van der Waals surface area contributed by atoms with Gasteiger partial charge in [-0.3, -0.25) is 27.7 Å². The molecule has 0 aliphatic carbocycles. The number of fused-ring (bicyclic) bond motifs is 1. The molecule has 26 heteroatoms. The van der Waals surface area contributed by atoms with E-state index in [-0.39, 0.29) is 35.9 Å². The molecule has 7 unspecified atom stereocenters. The van der Waals surface area contributed by atoms with Crippen LogP contribution < -0.4 is 16.4 Å². The van der Waals surface area contributed by atoms with Gasteiger partial charge in [-0.1, -0.05) is 117 Å². The summed E-state index contributed by atoms with van der Waals surface area (Å²) in [5, 5.41) is 26.8. The highest BCUT2D eigenvalue weighted by atomic mass is 31.3. The number of hydrogen-bond acceptors (Lipinski definition) is 16. The molecule has 2 aromatic rings. The van der Waals surface area contributed by atoms with Crippen LogP contribution >= 0.6 is 23.5 Å². The number of imidazole rings is 1. The van der Waals surface area contributed by atoms with Gasteiger partial charge in [-0.2, -0.15) is 4.31 Å². The first-order valence-electron chi connectivity index (χ1n) is 21.6. The molecule has 1 fully saturated rings. The van der Waals surface area contributed by atoms with Gasteiger partial charge in [0.05, 0.1) is 19.5 Å². The molecule has 2 amide bonds. The minimum Gasteiger partial charge on any atom is -0.386 e. The van der Waals surface area contributed by atoms with Gasteiger partial charge in [0, 0.05) is 24.9 Å². The Labute approximate surface area is 368 Å². The molecule has 0 spiro atoms. The zero-order valence-electron chi connectivity index (χ0n) is 36.4. The van der Waals surface area contributed by atoms with Gasteiger partial charge in [0.15, 0.2) is 17.7 Å². The van der Waals surface area contributed by atoms with E-state index in [1.807, 2.05) is 0 Å². The fourth-order valence-corrected chi connectivity index (χ4v) is 9.67. The number of unbranched alkanes of at least 4 members (excludes halogenated alkanes) is 15. The Morgan fingerprint density at radius 2 is 1.40 bits per heavy atom. The van der Waals surface area contributed by atoms with Crippen molar-refractivity contribution in [3.63, 3.8) is 0 Å². The number of aliphatic hydroxyl groups is 2. The topological polar surface area (TPSA) is 347 Å². The molecule has 3 heterocycles. The molecule has 362 valence electrons. The number of amides is 2. The second kappa shape index (κ2) is 26.6. The fraction of sp³-hybridized carbons (Fsp3) is 0.811. The molecular formula is C37H68N7O16P3. The van der Waals surface area contributed by atoms with Crippen LogP contribution in [0.25, 0.3) is 11.2 Å². The van der Waals surface area contributed by atoms with Crippen molar-refractivity contribution in [2.75, 3.05) is 32.0 Å². The maximum Gasteiger partial charge on any atom is 0.481 e. The Hall–Kier alpha value is -2.46. The molecule has 7 atom stereocenters. The Balaban J connectivity index is 1.32. The number of hydrogen-bond donors (Lipinski definition) is 9. The van der Waals surface area contributed by atoms with Gasteiger partial charge >= 0.3 is 23.5 Å². The first-order chi connectivity index (χ1) is 29.7. The van der Waals surface area contributed by atoms with Crippen molar-refractivity contribution in [1.29, 1.82) is 0 Å². The number of phosphoric ester groups is 3. The molecule has 23 nitrogen and oxygen atoms in total. The van der Waals surface area contributed by atoms with Crippen molar-refractivity contribution in [2.24, 2.45) is 5.41 Å². The van der Waals surface area contributed by atoms with Crippen LogP contribution in [0.15, 0.2) is 12.7 Å². The normalized spacial score (nSPS) is 20.7. The maximum atomic E-state index is 12.7. The lowest BCUT2D eigenvalue weighted by Crippen LogP contribution is -2.46. The number of carbonyl (C=O) groups excluding carboxylic acids is 2. The number of anilines is 1. The van der Waals surface area contributed by atoms with Crippen LogP contribution in [0, 0.1) is 5.41 Å². The van der Waals surface area contributed by atoms with E-state index >= 15 is 0 Å². The summed E-state index contributed by atoms with van der Waals surface area (Å²) in [6.45, 7) is 3.27. The molecule has 0 bridgehead atoms. The number of nitrogens with two attached hydrogens (primary N) is 1. The number of ether oxygens (including phenoxy) is 1. The van der Waals surface area contributed by atoms with Crippen molar-refractivity contribution >= 4 is 52.3 Å². The second-order valence-electron chi connectivity index (χ2n) is 16.4. The van der Waals surface area contributed by atoms with Crippen LogP contribution in [0.4, 0.5) is 5.82 Å². The minimum atomic E-state index is -5.55. The number of nitrogens with one attached hydrogen (secondary N) is 2. The van der Waals surface area contributed by atoms with Gasteiger partial charge in [-0.05, 0) is 6.42 Å². The van der Waals surface area contributed by atoms with E-state index in [0.717, 1.165) is 36.5 Å². The Morgan fingerprint density at radius 1 is 0.841 bits per heavy atom. The SMILES string of the molecule is CCCCCCCCCCCCCCCCCCNC(=O)CCNC(=O)C(O)C(C)(C)COP(=O)(O)OP(=O)(O)OCC1OC(n2cnc3c(N)ncnc32)C(O)C1OP(=O)(O)O. The molecule has 0 saturated carbocycles. The number of nitrogens with zero attached hydrogens (tertiary/aromatic N) is 4. The standard InChI is InChI=1S/C37H68N7O16P3/c1-4-5-6-7-8-9-10-11-12-13-14-15-16-17-18-19-21-39-28(45)20-22-40-35(48)32(47)37(2,3)24-57-63(54,55)60-62(52,53)56-23-27-31(59-61(49,50)51)30(46)36(58-27)44-26-43-29-33(38)41-25-42-34(29)44/h25-27,30-32,36,46-47H,4-24H2,1-3H3,(H,39,45)(H,40,48)(H,52,53)(H,54,55)(H2,38,41,42)(H2,49,50,51). The second-order valence-corrected chi connectivity index (χ2v) is 20.6. The van der Waals surface area contributed by atoms with E-state index in [1.54, 1.807) is 0 Å². The molecular weight excluding hydrogens is 891 g/mol. The number of aromatic nitrogens is 4. The third-order valence-corrected chi connectivity index (χ3v) is 13.5. The number of rotatable bonds is 33. The number of phosphoric acid groups is 3. The summed E-state index contributed by atoms with van der Waals surface area (Å²) in [5.41, 5.74) is 4.35. The van der Waals surface area contributed by atoms with Gasteiger partial charge in [0.25, 0.3) is 0 Å². The summed E-state index contributed by atoms with van der Waals surface area (Å²) in [5.74, 6) is -1.23. The molecule has 3 rings (SSSR count). The van der Waals surface area contributed by atoms with E-state index in [9.17, 15) is 53.1 Å².